The van der Waals surface area contributed by atoms with Crippen LogP contribution in [0.2, 0.25) is 0 Å². The molecule has 2 saturated heterocycles. The van der Waals surface area contributed by atoms with Gasteiger partial charge in [0.2, 0.25) is 15.9 Å². The van der Waals surface area contributed by atoms with Crippen molar-refractivity contribution in [3.8, 4) is 5.88 Å². The second-order valence-electron chi connectivity index (χ2n) is 10.2. The van der Waals surface area contributed by atoms with Gasteiger partial charge in [-0.2, -0.15) is 0 Å². The van der Waals surface area contributed by atoms with Gasteiger partial charge < -0.3 is 20.8 Å². The number of fused-ring (bicyclic) bond motifs is 1. The third-order valence-electron chi connectivity index (χ3n) is 7.22. The molecule has 244 valence electrons. The number of benzene rings is 1. The highest BCUT2D eigenvalue weighted by Crippen LogP contribution is 2.41. The molecule has 0 aliphatic carbocycles. The lowest BCUT2D eigenvalue weighted by atomic mass is 10.0. The molecule has 0 bridgehead atoms. The minimum atomic E-state index is -3.92. The summed E-state index contributed by atoms with van der Waals surface area (Å²) in [5.41, 5.74) is -0.407. The predicted molar refractivity (Wildman–Crippen MR) is 161 cm³/mol. The molecule has 18 nitrogen and oxygen atoms in total. The normalized spacial score (nSPS) is 20.3. The number of carboxylic acid groups (broad SMARTS) is 1. The summed E-state index contributed by atoms with van der Waals surface area (Å²) in [4.78, 5) is 78.3. The van der Waals surface area contributed by atoms with Crippen molar-refractivity contribution >= 4 is 63.4 Å². The molecule has 1 aromatic carbocycles. The van der Waals surface area contributed by atoms with E-state index in [4.69, 9.17) is 0 Å². The minimum Gasteiger partial charge on any atom is -0.488 e. The van der Waals surface area contributed by atoms with Gasteiger partial charge in [0.15, 0.2) is 5.16 Å². The molecular formula is C25H26N8O10S3. The number of aliphatic carboxylic acids is 1. The van der Waals surface area contributed by atoms with Crippen molar-refractivity contribution in [2.24, 2.45) is 7.05 Å². The highest BCUT2D eigenvalue weighted by atomic mass is 32.2. The number of imide groups is 1. The van der Waals surface area contributed by atoms with Crippen molar-refractivity contribution in [3.63, 3.8) is 0 Å². The lowest BCUT2D eigenvalue weighted by Gasteiger charge is -2.49. The summed E-state index contributed by atoms with van der Waals surface area (Å²) in [7, 11) is -2.56. The van der Waals surface area contributed by atoms with E-state index in [0.717, 1.165) is 27.5 Å². The van der Waals surface area contributed by atoms with Crippen LogP contribution >= 0.6 is 23.5 Å². The highest BCUT2D eigenvalue weighted by Gasteiger charge is 2.54. The van der Waals surface area contributed by atoms with Crippen LogP contribution in [0, 0.1) is 0 Å². The number of nitrogens with zero attached hydrogens (tertiary/aromatic N) is 6. The molecule has 0 saturated carbocycles. The van der Waals surface area contributed by atoms with E-state index >= 15 is 0 Å². The number of urea groups is 2. The van der Waals surface area contributed by atoms with Crippen molar-refractivity contribution in [1.29, 1.82) is 0 Å². The molecule has 5 rings (SSSR count). The van der Waals surface area contributed by atoms with E-state index in [-0.39, 0.29) is 35.4 Å². The Bertz CT molecular complexity index is 1830. The monoisotopic (exact) mass is 694 g/mol. The first-order valence-electron chi connectivity index (χ1n) is 13.3. The molecule has 0 radical (unpaired) electrons. The molecule has 3 aliphatic rings. The van der Waals surface area contributed by atoms with E-state index in [2.05, 4.69) is 20.8 Å². The Kier molecular flexibility index (Phi) is 9.00. The van der Waals surface area contributed by atoms with E-state index in [9.17, 15) is 47.4 Å². The minimum absolute atomic E-state index is 0.0307. The van der Waals surface area contributed by atoms with Crippen molar-refractivity contribution in [1.82, 2.24) is 39.5 Å². The molecule has 2 aromatic rings. The molecule has 6 amide bonds. The molecule has 3 aliphatic heterocycles. The predicted octanol–water partition coefficient (Wildman–Crippen LogP) is -1.14. The molecule has 3 atom stereocenters. The Morgan fingerprint density at radius 2 is 1.83 bits per heavy atom. The van der Waals surface area contributed by atoms with Crippen molar-refractivity contribution in [2.45, 2.75) is 22.6 Å². The maximum Gasteiger partial charge on any atom is 0.352 e. The highest BCUT2D eigenvalue weighted by molar-refractivity contribution is 8.01. The fraction of sp³-hybridized carbons (Fsp3) is 0.360. The first-order chi connectivity index (χ1) is 21.7. The number of aromatic nitrogens is 3. The summed E-state index contributed by atoms with van der Waals surface area (Å²) in [5, 5.41) is 30.9. The number of β-lactam (4-membered cyclic amide) rings is 1. The van der Waals surface area contributed by atoms with Crippen LogP contribution in [0.1, 0.15) is 11.6 Å². The average Bonchev–Trinajstić information content (AvgIpc) is 3.42. The Morgan fingerprint density at radius 1 is 1.13 bits per heavy atom. The molecule has 4 heterocycles. The summed E-state index contributed by atoms with van der Waals surface area (Å²) < 4.78 is 25.3. The van der Waals surface area contributed by atoms with Gasteiger partial charge in [0.25, 0.3) is 11.8 Å². The van der Waals surface area contributed by atoms with Crippen LogP contribution < -0.4 is 16.2 Å². The number of rotatable bonds is 9. The van der Waals surface area contributed by atoms with Gasteiger partial charge in [-0.3, -0.25) is 23.9 Å². The zero-order chi connectivity index (χ0) is 33.5. The van der Waals surface area contributed by atoms with Crippen molar-refractivity contribution in [3.05, 3.63) is 57.5 Å². The molecule has 46 heavy (non-hydrogen) atoms. The number of nitrogens with one attached hydrogen (secondary N) is 2. The van der Waals surface area contributed by atoms with Gasteiger partial charge in [-0.15, -0.1) is 22.0 Å². The van der Waals surface area contributed by atoms with Crippen LogP contribution in [0.4, 0.5) is 9.59 Å². The number of carboxylic acids is 1. The van der Waals surface area contributed by atoms with Crippen LogP contribution in [-0.2, 0) is 31.5 Å². The quantitative estimate of drug-likeness (QED) is 0.179. The van der Waals surface area contributed by atoms with Gasteiger partial charge in [0, 0.05) is 18.6 Å². The smallest absolute Gasteiger partial charge is 0.352 e. The largest absolute Gasteiger partial charge is 0.488 e. The lowest BCUT2D eigenvalue weighted by Crippen LogP contribution is -2.71. The summed E-state index contributed by atoms with van der Waals surface area (Å²) in [5.74, 6) is -3.51. The van der Waals surface area contributed by atoms with Gasteiger partial charge in [-0.25, -0.2) is 32.0 Å². The van der Waals surface area contributed by atoms with Gasteiger partial charge in [0.05, 0.1) is 19.3 Å². The lowest BCUT2D eigenvalue weighted by molar-refractivity contribution is -0.151. The van der Waals surface area contributed by atoms with Crippen LogP contribution in [0.15, 0.2) is 51.6 Å². The third kappa shape index (κ3) is 6.11. The fourth-order valence-electron chi connectivity index (χ4n) is 4.91. The van der Waals surface area contributed by atoms with E-state index in [1.807, 2.05) is 0 Å². The first-order valence-corrected chi connectivity index (χ1v) is 17.2. The van der Waals surface area contributed by atoms with Crippen molar-refractivity contribution < 1.29 is 42.6 Å². The van der Waals surface area contributed by atoms with E-state index in [1.54, 1.807) is 18.2 Å². The summed E-state index contributed by atoms with van der Waals surface area (Å²) in [6, 6.07) is 3.30. The average molecular weight is 695 g/mol. The first kappa shape index (κ1) is 32.8. The van der Waals surface area contributed by atoms with Crippen LogP contribution in [0.25, 0.3) is 0 Å². The number of carbonyl (C=O) groups excluding carboxylic acids is 4. The maximum absolute atomic E-state index is 13.5. The number of thioether (sulfide) groups is 2. The van der Waals surface area contributed by atoms with E-state index in [1.165, 1.54) is 30.9 Å². The van der Waals surface area contributed by atoms with Crippen LogP contribution in [0.3, 0.4) is 0 Å². The SMILES string of the molecule is Cn1c(SCC2=C(C(=O)O)N3C(=O)[C@H](NC(=O)C(NC(=O)N4CCN(S(C)(=O)=O)C4=O)c4ccccc4)[C@@H]3SC2)nnc(O)c1=O. The number of hydrogen-bond donors (Lipinski definition) is 4. The molecule has 0 spiro atoms. The van der Waals surface area contributed by atoms with Gasteiger partial charge in [-0.1, -0.05) is 42.1 Å². The Morgan fingerprint density at radius 3 is 2.46 bits per heavy atom. The summed E-state index contributed by atoms with van der Waals surface area (Å²) >= 11 is 2.18. The molecule has 1 unspecified atom stereocenters. The summed E-state index contributed by atoms with van der Waals surface area (Å²) in [6.45, 7) is -0.491. The number of aromatic hydroxyl groups is 1. The molecular weight excluding hydrogens is 669 g/mol. The number of hydrogen-bond acceptors (Lipinski definition) is 13. The second kappa shape index (κ2) is 12.6. The zero-order valence-corrected chi connectivity index (χ0v) is 26.5. The maximum atomic E-state index is 13.5. The molecule has 21 heteroatoms. The van der Waals surface area contributed by atoms with Gasteiger partial charge >= 0.3 is 23.6 Å². The number of carbonyl (C=O) groups is 5. The Balaban J connectivity index is 1.31. The molecule has 1 aromatic heterocycles. The van der Waals surface area contributed by atoms with Gasteiger partial charge in [-0.05, 0) is 11.1 Å². The Hall–Kier alpha value is -4.63. The standard InChI is InChI=1S/C25H26N8O10S3/c1-30-20(37)18(35)28-29-24(30)45-11-13-10-44-21-15(19(36)33(21)16(13)22(38)39)26-17(34)14(12-6-4-3-5-7-12)27-23(40)31-8-9-32(25(31)41)46(2,42)43/h3-7,14-15,21H,8-11H2,1-2H3,(H,26,34)(H,27,40)(H,28,35)(H,38,39)/t14?,15-,21-/m0/s1. The third-order valence-corrected chi connectivity index (χ3v) is 10.8. The molecule has 4 N–H and O–H groups in total. The number of sulfonamides is 1. The van der Waals surface area contributed by atoms with Gasteiger partial charge in [0.1, 0.15) is 23.2 Å². The molecule has 2 fully saturated rings. The number of amides is 6. The second-order valence-corrected chi connectivity index (χ2v) is 14.1. The van der Waals surface area contributed by atoms with Crippen LogP contribution in [0.5, 0.6) is 5.88 Å². The van der Waals surface area contributed by atoms with Crippen molar-refractivity contribution in [2.75, 3.05) is 30.9 Å². The van der Waals surface area contributed by atoms with E-state index in [0.29, 0.717) is 20.3 Å². The fourth-order valence-corrected chi connectivity index (χ4v) is 8.09. The van der Waals surface area contributed by atoms with Crippen LogP contribution in [-0.4, -0.2) is 120 Å². The van der Waals surface area contributed by atoms with E-state index < -0.39 is 68.8 Å². The topological polar surface area (TPSA) is 242 Å². The Labute approximate surface area is 268 Å². The zero-order valence-electron chi connectivity index (χ0n) is 24.0. The summed E-state index contributed by atoms with van der Waals surface area (Å²) in [6.07, 6.45) is 0.829.